The molecule has 3 aromatic carbocycles. The number of thioether (sulfide) groups is 1. The van der Waals surface area contributed by atoms with E-state index in [1.165, 1.54) is 30.1 Å². The van der Waals surface area contributed by atoms with Crippen LogP contribution in [0.1, 0.15) is 16.7 Å². The van der Waals surface area contributed by atoms with Crippen LogP contribution in [0.25, 0.3) is 23.2 Å². The van der Waals surface area contributed by atoms with Crippen LogP contribution in [-0.4, -0.2) is 37.6 Å². The molecular formula is C27H24N6O3S. The van der Waals surface area contributed by atoms with Gasteiger partial charge in [-0.05, 0) is 44.2 Å². The van der Waals surface area contributed by atoms with E-state index >= 15 is 0 Å². The third-order valence-corrected chi connectivity index (χ3v) is 6.26. The summed E-state index contributed by atoms with van der Waals surface area (Å²) >= 11 is 1.25. The van der Waals surface area contributed by atoms with E-state index in [-0.39, 0.29) is 17.3 Å². The van der Waals surface area contributed by atoms with Gasteiger partial charge in [0.1, 0.15) is 0 Å². The van der Waals surface area contributed by atoms with E-state index in [2.05, 4.69) is 20.7 Å². The van der Waals surface area contributed by atoms with E-state index in [9.17, 15) is 14.9 Å². The highest BCUT2D eigenvalue weighted by Crippen LogP contribution is 2.28. The van der Waals surface area contributed by atoms with Crippen LogP contribution in [0.3, 0.4) is 0 Å². The van der Waals surface area contributed by atoms with Crippen molar-refractivity contribution in [1.29, 1.82) is 0 Å². The maximum absolute atomic E-state index is 12.4. The van der Waals surface area contributed by atoms with Crippen molar-refractivity contribution >= 4 is 35.6 Å². The number of amides is 1. The molecule has 1 amide bonds. The summed E-state index contributed by atoms with van der Waals surface area (Å²) in [5, 5.41) is 24.3. The van der Waals surface area contributed by atoms with Gasteiger partial charge >= 0.3 is 0 Å². The molecule has 4 rings (SSSR count). The zero-order valence-electron chi connectivity index (χ0n) is 20.2. The van der Waals surface area contributed by atoms with Crippen molar-refractivity contribution in [3.05, 3.63) is 106 Å². The Labute approximate surface area is 218 Å². The summed E-state index contributed by atoms with van der Waals surface area (Å²) < 4.78 is 1.93. The number of nitrogens with zero attached hydrogens (tertiary/aromatic N) is 5. The molecule has 0 aliphatic carbocycles. The molecule has 0 atom stereocenters. The van der Waals surface area contributed by atoms with Gasteiger partial charge in [-0.3, -0.25) is 19.5 Å². The molecule has 0 fully saturated rings. The van der Waals surface area contributed by atoms with Gasteiger partial charge in [-0.15, -0.1) is 10.2 Å². The van der Waals surface area contributed by atoms with Gasteiger partial charge in [-0.2, -0.15) is 5.10 Å². The number of nitro benzene ring substituents is 1. The Bertz CT molecular complexity index is 1460. The molecule has 0 saturated carbocycles. The number of para-hydroxylation sites is 1. The van der Waals surface area contributed by atoms with Gasteiger partial charge in [0.15, 0.2) is 11.0 Å². The minimum absolute atomic E-state index is 0.00437. The van der Waals surface area contributed by atoms with E-state index in [0.717, 1.165) is 22.4 Å². The second kappa shape index (κ2) is 11.9. The van der Waals surface area contributed by atoms with Gasteiger partial charge in [0.05, 0.1) is 16.2 Å². The predicted octanol–water partition coefficient (Wildman–Crippen LogP) is 5.37. The van der Waals surface area contributed by atoms with E-state index in [1.54, 1.807) is 24.3 Å². The highest BCUT2D eigenvalue weighted by Gasteiger charge is 2.17. The molecule has 0 spiro atoms. The Hall–Kier alpha value is -4.57. The Morgan fingerprint density at radius 3 is 2.41 bits per heavy atom. The number of hydrogen-bond donors (Lipinski definition) is 1. The molecule has 4 aromatic rings. The molecule has 1 aromatic heterocycles. The van der Waals surface area contributed by atoms with Gasteiger partial charge in [0, 0.05) is 23.5 Å². The normalized spacial score (nSPS) is 11.3. The number of nitrogens with one attached hydrogen (secondary N) is 1. The number of allylic oxidation sites excluding steroid dienone is 1. The van der Waals surface area contributed by atoms with Gasteiger partial charge in [-0.1, -0.05) is 71.4 Å². The standard InChI is InChI=1S/C27H24N6O3S/c1-19-9-13-22(14-10-19)26-30-31-27(32(26)23-15-11-20(2)12-16-23)37-18-25(34)29-28-17-5-7-21-6-3-4-8-24(21)33(35)36/h3-17H,18H2,1-2H3,(H,29,34)/b7-5-,28-17+. The summed E-state index contributed by atoms with van der Waals surface area (Å²) in [4.78, 5) is 23.0. The molecule has 0 radical (unpaired) electrons. The largest absolute Gasteiger partial charge is 0.276 e. The Morgan fingerprint density at radius 1 is 1.03 bits per heavy atom. The number of hydrazone groups is 1. The third-order valence-electron chi connectivity index (χ3n) is 5.33. The Morgan fingerprint density at radius 2 is 1.70 bits per heavy atom. The fourth-order valence-corrected chi connectivity index (χ4v) is 4.18. The zero-order valence-corrected chi connectivity index (χ0v) is 21.1. The van der Waals surface area contributed by atoms with Crippen LogP contribution in [0.4, 0.5) is 5.69 Å². The number of carbonyl (C=O) groups is 1. The topological polar surface area (TPSA) is 115 Å². The third kappa shape index (κ3) is 6.56. The summed E-state index contributed by atoms with van der Waals surface area (Å²) in [7, 11) is 0. The van der Waals surface area contributed by atoms with Crippen LogP contribution in [0, 0.1) is 24.0 Å². The predicted molar refractivity (Wildman–Crippen MR) is 146 cm³/mol. The molecular weight excluding hydrogens is 488 g/mol. The van der Waals surface area contributed by atoms with Crippen molar-refractivity contribution in [2.45, 2.75) is 19.0 Å². The molecule has 0 bridgehead atoms. The van der Waals surface area contributed by atoms with Crippen LogP contribution < -0.4 is 5.43 Å². The van der Waals surface area contributed by atoms with E-state index in [1.807, 2.05) is 66.9 Å². The van der Waals surface area contributed by atoms with Gasteiger partial charge in [-0.25, -0.2) is 5.43 Å². The van der Waals surface area contributed by atoms with Gasteiger partial charge < -0.3 is 0 Å². The number of rotatable bonds is 9. The quantitative estimate of drug-likeness (QED) is 0.140. The second-order valence-electron chi connectivity index (χ2n) is 8.12. The molecule has 0 unspecified atom stereocenters. The van der Waals surface area contributed by atoms with E-state index in [0.29, 0.717) is 16.5 Å². The van der Waals surface area contributed by atoms with Crippen molar-refractivity contribution in [1.82, 2.24) is 20.2 Å². The fourth-order valence-electron chi connectivity index (χ4n) is 3.44. The van der Waals surface area contributed by atoms with Crippen molar-refractivity contribution in [3.8, 4) is 17.1 Å². The lowest BCUT2D eigenvalue weighted by Gasteiger charge is -2.11. The SMILES string of the molecule is Cc1ccc(-c2nnc(SCC(=O)N/N=C/C=C\c3ccccc3[N+](=O)[O-])n2-c2ccc(C)cc2)cc1. The first kappa shape index (κ1) is 25.5. The van der Waals surface area contributed by atoms with Crippen LogP contribution >= 0.6 is 11.8 Å². The van der Waals surface area contributed by atoms with Crippen LogP contribution in [0.15, 0.2) is 89.1 Å². The maximum atomic E-state index is 12.4. The van der Waals surface area contributed by atoms with Crippen molar-refractivity contribution in [2.75, 3.05) is 5.75 Å². The number of hydrogen-bond acceptors (Lipinski definition) is 7. The first-order valence-corrected chi connectivity index (χ1v) is 12.4. The summed E-state index contributed by atoms with van der Waals surface area (Å²) in [6.07, 6.45) is 4.44. The molecule has 0 aliphatic rings. The minimum Gasteiger partial charge on any atom is -0.272 e. The number of aromatic nitrogens is 3. The molecule has 1 heterocycles. The number of nitro groups is 1. The number of carbonyl (C=O) groups excluding carboxylic acids is 1. The molecule has 1 N–H and O–H groups in total. The lowest BCUT2D eigenvalue weighted by molar-refractivity contribution is -0.385. The number of aryl methyl sites for hydroxylation is 2. The zero-order chi connectivity index (χ0) is 26.2. The van der Waals surface area contributed by atoms with Crippen molar-refractivity contribution < 1.29 is 9.72 Å². The summed E-state index contributed by atoms with van der Waals surface area (Å²) in [5.74, 6) is 0.434. The lowest BCUT2D eigenvalue weighted by atomic mass is 10.1. The average Bonchev–Trinajstić information content (AvgIpc) is 3.32. The number of benzene rings is 3. The molecule has 0 saturated heterocycles. The summed E-state index contributed by atoms with van der Waals surface area (Å²) in [6.45, 7) is 4.05. The van der Waals surface area contributed by atoms with Crippen LogP contribution in [-0.2, 0) is 4.79 Å². The molecule has 0 aliphatic heterocycles. The highest BCUT2D eigenvalue weighted by molar-refractivity contribution is 7.99. The van der Waals surface area contributed by atoms with Gasteiger partial charge in [0.2, 0.25) is 0 Å². The van der Waals surface area contributed by atoms with E-state index < -0.39 is 4.92 Å². The van der Waals surface area contributed by atoms with Gasteiger partial charge in [0.25, 0.3) is 11.6 Å². The minimum atomic E-state index is -0.449. The first-order valence-electron chi connectivity index (χ1n) is 11.4. The smallest absolute Gasteiger partial charge is 0.272 e. The van der Waals surface area contributed by atoms with Crippen LogP contribution in [0.2, 0.25) is 0 Å². The second-order valence-corrected chi connectivity index (χ2v) is 9.06. The monoisotopic (exact) mass is 512 g/mol. The Balaban J connectivity index is 1.44. The molecule has 37 heavy (non-hydrogen) atoms. The first-order chi connectivity index (χ1) is 17.9. The fraction of sp³-hybridized carbons (Fsp3) is 0.111. The van der Waals surface area contributed by atoms with Crippen molar-refractivity contribution in [3.63, 3.8) is 0 Å². The molecule has 9 nitrogen and oxygen atoms in total. The Kier molecular flexibility index (Phi) is 8.22. The lowest BCUT2D eigenvalue weighted by Crippen LogP contribution is -2.19. The maximum Gasteiger partial charge on any atom is 0.276 e. The average molecular weight is 513 g/mol. The van der Waals surface area contributed by atoms with E-state index in [4.69, 9.17) is 0 Å². The summed E-state index contributed by atoms with van der Waals surface area (Å²) in [6, 6.07) is 22.4. The van der Waals surface area contributed by atoms with Crippen molar-refractivity contribution in [2.24, 2.45) is 5.10 Å². The summed E-state index contributed by atoms with van der Waals surface area (Å²) in [5.41, 5.74) is 6.99. The molecule has 10 heteroatoms. The van der Waals surface area contributed by atoms with Crippen LogP contribution in [0.5, 0.6) is 0 Å². The highest BCUT2D eigenvalue weighted by atomic mass is 32.2. The molecule has 186 valence electrons.